The van der Waals surface area contributed by atoms with Crippen molar-refractivity contribution in [1.82, 2.24) is 9.36 Å². The van der Waals surface area contributed by atoms with Gasteiger partial charge in [0.15, 0.2) is 6.10 Å². The lowest BCUT2D eigenvalue weighted by atomic mass is 10.1. The largest absolute Gasteiger partial charge is 0.367 e. The molecule has 1 N–H and O–H groups in total. The van der Waals surface area contributed by atoms with Crippen LogP contribution < -0.4 is 5.32 Å². The van der Waals surface area contributed by atoms with Gasteiger partial charge in [-0.2, -0.15) is 4.37 Å². The summed E-state index contributed by atoms with van der Waals surface area (Å²) in [6.07, 6.45) is -0.643. The normalized spacial score (nSPS) is 12.1. The van der Waals surface area contributed by atoms with E-state index in [-0.39, 0.29) is 5.91 Å². The maximum atomic E-state index is 12.1. The third kappa shape index (κ3) is 2.91. The first-order valence-electron chi connectivity index (χ1n) is 5.39. The van der Waals surface area contributed by atoms with Crippen LogP contribution in [0.3, 0.4) is 0 Å². The van der Waals surface area contributed by atoms with Crippen LogP contribution in [0.5, 0.6) is 0 Å². The zero-order valence-electron chi connectivity index (χ0n) is 10.1. The minimum atomic E-state index is -0.643. The van der Waals surface area contributed by atoms with Gasteiger partial charge in [0.2, 0.25) is 5.13 Å². The minimum Gasteiger partial charge on any atom is -0.367 e. The van der Waals surface area contributed by atoms with Crippen LogP contribution in [-0.4, -0.2) is 22.4 Å². The third-order valence-corrected chi connectivity index (χ3v) is 3.06. The second-order valence-corrected chi connectivity index (χ2v) is 4.41. The summed E-state index contributed by atoms with van der Waals surface area (Å²) in [5, 5.41) is 3.18. The first kappa shape index (κ1) is 12.7. The van der Waals surface area contributed by atoms with E-state index in [0.29, 0.717) is 11.0 Å². The molecule has 1 amide bonds. The summed E-state index contributed by atoms with van der Waals surface area (Å²) in [6, 6.07) is 9.31. The van der Waals surface area contributed by atoms with Crippen LogP contribution in [0.15, 0.2) is 30.3 Å². The number of amides is 1. The average molecular weight is 263 g/mol. The van der Waals surface area contributed by atoms with Gasteiger partial charge in [-0.25, -0.2) is 4.98 Å². The Labute approximate surface area is 109 Å². The van der Waals surface area contributed by atoms with E-state index in [1.165, 1.54) is 7.11 Å². The number of methoxy groups -OCH3 is 1. The summed E-state index contributed by atoms with van der Waals surface area (Å²) in [6.45, 7) is 1.77. The van der Waals surface area contributed by atoms with E-state index in [0.717, 1.165) is 17.1 Å². The number of ether oxygens (including phenoxy) is 1. The predicted octanol–water partition coefficient (Wildman–Crippen LogP) is 2.17. The molecular formula is C12H13N3O2S. The van der Waals surface area contributed by atoms with E-state index >= 15 is 0 Å². The molecule has 0 fully saturated rings. The van der Waals surface area contributed by atoms with E-state index < -0.39 is 6.10 Å². The van der Waals surface area contributed by atoms with Gasteiger partial charge < -0.3 is 4.74 Å². The maximum absolute atomic E-state index is 12.1. The van der Waals surface area contributed by atoms with Gasteiger partial charge in [-0.15, -0.1) is 0 Å². The first-order chi connectivity index (χ1) is 8.70. The number of anilines is 1. The number of rotatable bonds is 4. The van der Waals surface area contributed by atoms with Gasteiger partial charge in [-0.05, 0) is 12.5 Å². The molecule has 5 nitrogen and oxygen atoms in total. The van der Waals surface area contributed by atoms with Crippen LogP contribution in [-0.2, 0) is 9.53 Å². The Bertz CT molecular complexity index is 527. The van der Waals surface area contributed by atoms with Gasteiger partial charge in [-0.3, -0.25) is 10.1 Å². The van der Waals surface area contributed by atoms with Crippen molar-refractivity contribution in [2.75, 3.05) is 12.4 Å². The van der Waals surface area contributed by atoms with Crippen molar-refractivity contribution < 1.29 is 9.53 Å². The van der Waals surface area contributed by atoms with E-state index in [9.17, 15) is 4.79 Å². The fraction of sp³-hybridized carbons (Fsp3) is 0.250. The number of carbonyl (C=O) groups is 1. The minimum absolute atomic E-state index is 0.250. The molecule has 0 unspecified atom stereocenters. The number of carbonyl (C=O) groups excluding carboxylic acids is 1. The summed E-state index contributed by atoms with van der Waals surface area (Å²) >= 11 is 1.15. The van der Waals surface area contributed by atoms with Crippen LogP contribution in [0.25, 0.3) is 0 Å². The molecule has 0 aliphatic heterocycles. The number of nitrogens with zero attached hydrogens (tertiary/aromatic N) is 2. The van der Waals surface area contributed by atoms with Crippen LogP contribution in [0.1, 0.15) is 17.5 Å². The monoisotopic (exact) mass is 263 g/mol. The van der Waals surface area contributed by atoms with Crippen molar-refractivity contribution in [3.63, 3.8) is 0 Å². The second kappa shape index (κ2) is 5.70. The highest BCUT2D eigenvalue weighted by Gasteiger charge is 2.20. The molecule has 0 bridgehead atoms. The average Bonchev–Trinajstić information content (AvgIpc) is 2.77. The van der Waals surface area contributed by atoms with E-state index in [1.807, 2.05) is 30.3 Å². The van der Waals surface area contributed by atoms with Crippen molar-refractivity contribution in [3.05, 3.63) is 41.7 Å². The van der Waals surface area contributed by atoms with Crippen LogP contribution >= 0.6 is 11.5 Å². The Morgan fingerprint density at radius 1 is 1.39 bits per heavy atom. The lowest BCUT2D eigenvalue weighted by Gasteiger charge is -2.14. The quantitative estimate of drug-likeness (QED) is 0.918. The van der Waals surface area contributed by atoms with E-state index in [1.54, 1.807) is 6.92 Å². The summed E-state index contributed by atoms with van der Waals surface area (Å²) in [4.78, 5) is 16.1. The van der Waals surface area contributed by atoms with Gasteiger partial charge in [-0.1, -0.05) is 30.3 Å². The molecule has 0 saturated carbocycles. The lowest BCUT2D eigenvalue weighted by Crippen LogP contribution is -2.22. The molecule has 2 rings (SSSR count). The van der Waals surface area contributed by atoms with Crippen molar-refractivity contribution in [3.8, 4) is 0 Å². The predicted molar refractivity (Wildman–Crippen MR) is 69.5 cm³/mol. The molecule has 18 heavy (non-hydrogen) atoms. The van der Waals surface area contributed by atoms with Gasteiger partial charge in [0, 0.05) is 18.6 Å². The van der Waals surface area contributed by atoms with Gasteiger partial charge in [0.05, 0.1) is 0 Å². The van der Waals surface area contributed by atoms with Gasteiger partial charge in [0.1, 0.15) is 5.82 Å². The number of benzene rings is 1. The van der Waals surface area contributed by atoms with Crippen molar-refractivity contribution in [2.45, 2.75) is 13.0 Å². The van der Waals surface area contributed by atoms with Crippen molar-refractivity contribution in [2.24, 2.45) is 0 Å². The zero-order valence-corrected chi connectivity index (χ0v) is 10.9. The lowest BCUT2D eigenvalue weighted by molar-refractivity contribution is -0.126. The molecule has 2 aromatic rings. The molecule has 0 aliphatic carbocycles. The summed E-state index contributed by atoms with van der Waals surface area (Å²) < 4.78 is 9.22. The number of aromatic nitrogens is 2. The summed E-state index contributed by atoms with van der Waals surface area (Å²) in [5.41, 5.74) is 0.804. The highest BCUT2D eigenvalue weighted by Crippen LogP contribution is 2.19. The molecule has 1 aromatic carbocycles. The van der Waals surface area contributed by atoms with Crippen LogP contribution in [0, 0.1) is 6.92 Å². The highest BCUT2D eigenvalue weighted by molar-refractivity contribution is 7.09. The SMILES string of the molecule is CO[C@H](C(=O)Nc1nc(C)ns1)c1ccccc1. The number of hydrogen-bond donors (Lipinski definition) is 1. The highest BCUT2D eigenvalue weighted by atomic mass is 32.1. The van der Waals surface area contributed by atoms with E-state index in [4.69, 9.17) is 4.74 Å². The summed E-state index contributed by atoms with van der Waals surface area (Å²) in [7, 11) is 1.50. The molecule has 0 saturated heterocycles. The molecule has 1 atom stereocenters. The first-order valence-corrected chi connectivity index (χ1v) is 6.17. The Balaban J connectivity index is 2.11. The third-order valence-electron chi connectivity index (χ3n) is 2.33. The number of aryl methyl sites for hydroxylation is 1. The van der Waals surface area contributed by atoms with Crippen LogP contribution in [0.2, 0.25) is 0 Å². The fourth-order valence-electron chi connectivity index (χ4n) is 1.54. The topological polar surface area (TPSA) is 64.1 Å². The van der Waals surface area contributed by atoms with Crippen molar-refractivity contribution >= 4 is 22.6 Å². The molecule has 0 radical (unpaired) electrons. The molecule has 6 heteroatoms. The standard InChI is InChI=1S/C12H13N3O2S/c1-8-13-12(18-15-8)14-11(16)10(17-2)9-6-4-3-5-7-9/h3-7,10H,1-2H3,(H,13,14,15,16)/t10-/m0/s1. The molecule has 0 spiro atoms. The number of hydrogen-bond acceptors (Lipinski definition) is 5. The smallest absolute Gasteiger partial charge is 0.259 e. The maximum Gasteiger partial charge on any atom is 0.259 e. The Morgan fingerprint density at radius 3 is 2.67 bits per heavy atom. The molecule has 0 aliphatic rings. The second-order valence-electron chi connectivity index (χ2n) is 3.66. The Kier molecular flexibility index (Phi) is 4.01. The molecule has 1 heterocycles. The molecule has 1 aromatic heterocycles. The van der Waals surface area contributed by atoms with Gasteiger partial charge >= 0.3 is 0 Å². The van der Waals surface area contributed by atoms with Crippen LogP contribution in [0.4, 0.5) is 5.13 Å². The molecular weight excluding hydrogens is 250 g/mol. The zero-order chi connectivity index (χ0) is 13.0. The molecule has 94 valence electrons. The Morgan fingerprint density at radius 2 is 2.11 bits per heavy atom. The van der Waals surface area contributed by atoms with E-state index in [2.05, 4.69) is 14.7 Å². The van der Waals surface area contributed by atoms with Gasteiger partial charge in [0.25, 0.3) is 5.91 Å². The summed E-state index contributed by atoms with van der Waals surface area (Å²) in [5.74, 6) is 0.392. The van der Waals surface area contributed by atoms with Crippen molar-refractivity contribution in [1.29, 1.82) is 0 Å². The Hall–Kier alpha value is -1.79. The fourth-order valence-corrected chi connectivity index (χ4v) is 2.12. The number of nitrogens with one attached hydrogen (secondary N) is 1.